The lowest BCUT2D eigenvalue weighted by atomic mass is 9.77. The third kappa shape index (κ3) is 3.48. The lowest BCUT2D eigenvalue weighted by molar-refractivity contribution is -0.120. The first kappa shape index (κ1) is 19.5. The molecule has 0 radical (unpaired) electrons. The van der Waals surface area contributed by atoms with Gasteiger partial charge in [-0.1, -0.05) is 18.7 Å². The summed E-state index contributed by atoms with van der Waals surface area (Å²) in [6.07, 6.45) is 5.77. The molecule has 1 aliphatic carbocycles. The molecule has 2 aromatic heterocycles. The van der Waals surface area contributed by atoms with Crippen molar-refractivity contribution < 1.29 is 9.18 Å². The SMILES string of the molecule is C=CC(=O)C1CC(Nc2c(C#N)c(=O)n(Cc3ccc(F)cc3)c3ccncc23)C1. The minimum absolute atomic E-state index is 0.00360. The Balaban J connectivity index is 1.75. The lowest BCUT2D eigenvalue weighted by Crippen LogP contribution is -2.40. The number of halogens is 1. The Labute approximate surface area is 172 Å². The molecule has 0 unspecified atom stereocenters. The van der Waals surface area contributed by atoms with E-state index in [0.29, 0.717) is 29.4 Å². The molecule has 1 aliphatic rings. The molecule has 7 heteroatoms. The third-order valence-electron chi connectivity index (χ3n) is 5.52. The van der Waals surface area contributed by atoms with E-state index in [2.05, 4.69) is 16.9 Å². The van der Waals surface area contributed by atoms with Crippen molar-refractivity contribution in [2.45, 2.75) is 25.4 Å². The topological polar surface area (TPSA) is 87.8 Å². The summed E-state index contributed by atoms with van der Waals surface area (Å²) in [5.41, 5.74) is 1.37. The van der Waals surface area contributed by atoms with E-state index in [0.717, 1.165) is 5.56 Å². The van der Waals surface area contributed by atoms with Crippen molar-refractivity contribution in [2.24, 2.45) is 5.92 Å². The number of benzene rings is 1. The van der Waals surface area contributed by atoms with Crippen LogP contribution in [0.5, 0.6) is 0 Å². The van der Waals surface area contributed by atoms with E-state index >= 15 is 0 Å². The average molecular weight is 402 g/mol. The molecule has 30 heavy (non-hydrogen) atoms. The van der Waals surface area contributed by atoms with Gasteiger partial charge < -0.3 is 9.88 Å². The molecular weight excluding hydrogens is 383 g/mol. The maximum absolute atomic E-state index is 13.2. The van der Waals surface area contributed by atoms with Crippen molar-refractivity contribution in [3.05, 3.63) is 82.7 Å². The number of fused-ring (bicyclic) bond motifs is 1. The number of nitrogens with zero attached hydrogens (tertiary/aromatic N) is 3. The predicted octanol–water partition coefficient (Wildman–Crippen LogP) is 3.40. The van der Waals surface area contributed by atoms with E-state index in [1.165, 1.54) is 22.8 Å². The number of hydrogen-bond donors (Lipinski definition) is 1. The standard InChI is InChI=1S/C23H19FN4O2/c1-2-21(29)15-9-17(10-15)27-22-18(11-25)23(30)28(20-7-8-26-12-19(20)22)13-14-3-5-16(24)6-4-14/h2-8,12,15,17,27H,1,9-10,13H2. The molecule has 3 aromatic rings. The number of hydrogen-bond acceptors (Lipinski definition) is 5. The largest absolute Gasteiger partial charge is 0.380 e. The van der Waals surface area contributed by atoms with E-state index in [1.807, 2.05) is 6.07 Å². The highest BCUT2D eigenvalue weighted by atomic mass is 19.1. The van der Waals surface area contributed by atoms with E-state index in [9.17, 15) is 19.2 Å². The normalized spacial score (nSPS) is 17.7. The number of anilines is 1. The molecule has 0 aliphatic heterocycles. The summed E-state index contributed by atoms with van der Waals surface area (Å²) >= 11 is 0. The van der Waals surface area contributed by atoms with Crippen LogP contribution in [0, 0.1) is 23.1 Å². The second-order valence-electron chi connectivity index (χ2n) is 7.39. The highest BCUT2D eigenvalue weighted by Crippen LogP contribution is 2.34. The van der Waals surface area contributed by atoms with Gasteiger partial charge in [-0.2, -0.15) is 5.26 Å². The highest BCUT2D eigenvalue weighted by molar-refractivity contribution is 5.95. The highest BCUT2D eigenvalue weighted by Gasteiger charge is 2.34. The lowest BCUT2D eigenvalue weighted by Gasteiger charge is -2.35. The number of ketones is 1. The zero-order valence-electron chi connectivity index (χ0n) is 16.1. The van der Waals surface area contributed by atoms with Crippen molar-refractivity contribution in [3.8, 4) is 6.07 Å². The zero-order chi connectivity index (χ0) is 21.3. The fourth-order valence-corrected chi connectivity index (χ4v) is 3.82. The Morgan fingerprint density at radius 1 is 1.33 bits per heavy atom. The van der Waals surface area contributed by atoms with E-state index in [1.54, 1.807) is 30.6 Å². The van der Waals surface area contributed by atoms with Crippen LogP contribution in [-0.2, 0) is 11.3 Å². The van der Waals surface area contributed by atoms with Gasteiger partial charge in [0.25, 0.3) is 5.56 Å². The quantitative estimate of drug-likeness (QED) is 0.639. The number of carbonyl (C=O) groups excluding carboxylic acids is 1. The molecule has 0 saturated heterocycles. The fourth-order valence-electron chi connectivity index (χ4n) is 3.82. The van der Waals surface area contributed by atoms with Crippen LogP contribution in [0.2, 0.25) is 0 Å². The van der Waals surface area contributed by atoms with Gasteiger partial charge in [0, 0.05) is 29.7 Å². The molecule has 2 heterocycles. The van der Waals surface area contributed by atoms with Crippen molar-refractivity contribution in [1.29, 1.82) is 5.26 Å². The van der Waals surface area contributed by atoms with Gasteiger partial charge in [0.1, 0.15) is 17.4 Å². The molecule has 150 valence electrons. The third-order valence-corrected chi connectivity index (χ3v) is 5.52. The molecule has 4 rings (SSSR count). The first-order valence-electron chi connectivity index (χ1n) is 9.59. The minimum Gasteiger partial charge on any atom is -0.380 e. The number of rotatable bonds is 6. The Morgan fingerprint density at radius 2 is 2.07 bits per heavy atom. The first-order chi connectivity index (χ1) is 14.5. The maximum Gasteiger partial charge on any atom is 0.271 e. The number of nitriles is 1. The first-order valence-corrected chi connectivity index (χ1v) is 9.59. The number of carbonyl (C=O) groups is 1. The van der Waals surface area contributed by atoms with E-state index in [-0.39, 0.29) is 35.7 Å². The summed E-state index contributed by atoms with van der Waals surface area (Å²) in [5.74, 6) is -0.422. The summed E-state index contributed by atoms with van der Waals surface area (Å²) < 4.78 is 14.7. The molecular formula is C23H19FN4O2. The van der Waals surface area contributed by atoms with E-state index in [4.69, 9.17) is 0 Å². The molecule has 1 fully saturated rings. The predicted molar refractivity (Wildman–Crippen MR) is 112 cm³/mol. The van der Waals surface area contributed by atoms with Crippen molar-refractivity contribution in [3.63, 3.8) is 0 Å². The van der Waals surface area contributed by atoms with Crippen molar-refractivity contribution in [1.82, 2.24) is 9.55 Å². The van der Waals surface area contributed by atoms with E-state index < -0.39 is 5.56 Å². The molecule has 0 amide bonds. The van der Waals surface area contributed by atoms with Gasteiger partial charge in [-0.15, -0.1) is 0 Å². The summed E-state index contributed by atoms with van der Waals surface area (Å²) in [5, 5.41) is 13.7. The monoisotopic (exact) mass is 402 g/mol. The Hall–Kier alpha value is -3.79. The smallest absolute Gasteiger partial charge is 0.271 e. The van der Waals surface area contributed by atoms with Gasteiger partial charge in [-0.3, -0.25) is 14.6 Å². The van der Waals surface area contributed by atoms with Gasteiger partial charge in [0.15, 0.2) is 5.78 Å². The molecule has 6 nitrogen and oxygen atoms in total. The van der Waals surface area contributed by atoms with Crippen LogP contribution in [0.3, 0.4) is 0 Å². The van der Waals surface area contributed by atoms with Crippen LogP contribution >= 0.6 is 0 Å². The fraction of sp³-hybridized carbons (Fsp3) is 0.217. The van der Waals surface area contributed by atoms with Crippen LogP contribution < -0.4 is 10.9 Å². The Kier molecular flexibility index (Phi) is 5.15. The number of nitrogens with one attached hydrogen (secondary N) is 1. The average Bonchev–Trinajstić information content (AvgIpc) is 2.73. The number of allylic oxidation sites excluding steroid dienone is 1. The molecule has 0 spiro atoms. The van der Waals surface area contributed by atoms with Crippen LogP contribution in [0.1, 0.15) is 24.0 Å². The van der Waals surface area contributed by atoms with Gasteiger partial charge in [0.05, 0.1) is 17.7 Å². The molecule has 1 saturated carbocycles. The van der Waals surface area contributed by atoms with Gasteiger partial charge in [-0.25, -0.2) is 4.39 Å². The Morgan fingerprint density at radius 3 is 2.73 bits per heavy atom. The summed E-state index contributed by atoms with van der Waals surface area (Å²) in [6, 6.07) is 9.62. The summed E-state index contributed by atoms with van der Waals surface area (Å²) in [4.78, 5) is 29.1. The molecule has 0 bridgehead atoms. The van der Waals surface area contributed by atoms with Gasteiger partial charge >= 0.3 is 0 Å². The summed E-state index contributed by atoms with van der Waals surface area (Å²) in [7, 11) is 0. The summed E-state index contributed by atoms with van der Waals surface area (Å²) in [6.45, 7) is 3.72. The van der Waals surface area contributed by atoms with Crippen LogP contribution in [-0.4, -0.2) is 21.4 Å². The Bertz CT molecular complexity index is 1240. The zero-order valence-corrected chi connectivity index (χ0v) is 16.1. The number of aromatic nitrogens is 2. The molecule has 1 aromatic carbocycles. The van der Waals surface area contributed by atoms with Crippen LogP contribution in [0.15, 0.2) is 60.2 Å². The maximum atomic E-state index is 13.2. The van der Waals surface area contributed by atoms with Crippen LogP contribution in [0.4, 0.5) is 10.1 Å². The molecule has 1 N–H and O–H groups in total. The number of pyridine rings is 2. The second kappa shape index (κ2) is 7.91. The minimum atomic E-state index is -0.430. The molecule has 0 atom stereocenters. The van der Waals surface area contributed by atoms with Crippen molar-refractivity contribution in [2.75, 3.05) is 5.32 Å². The van der Waals surface area contributed by atoms with Crippen molar-refractivity contribution >= 4 is 22.4 Å². The van der Waals surface area contributed by atoms with Gasteiger partial charge in [-0.05, 0) is 42.7 Å². The van der Waals surface area contributed by atoms with Crippen LogP contribution in [0.25, 0.3) is 10.9 Å². The second-order valence-corrected chi connectivity index (χ2v) is 7.39. The van der Waals surface area contributed by atoms with Gasteiger partial charge in [0.2, 0.25) is 0 Å².